The summed E-state index contributed by atoms with van der Waals surface area (Å²) >= 11 is 1.39. The number of aromatic nitrogens is 3. The molecule has 1 aliphatic heterocycles. The number of carbonyl (C=O) groups excluding carboxylic acids is 1. The van der Waals surface area contributed by atoms with E-state index in [1.54, 1.807) is 11.9 Å². The Balaban J connectivity index is 1.92. The Bertz CT molecular complexity index is 823. The lowest BCUT2D eigenvalue weighted by Gasteiger charge is -2.34. The Hall–Kier alpha value is -2.36. The molecule has 0 aliphatic carbocycles. The van der Waals surface area contributed by atoms with Gasteiger partial charge in [0.1, 0.15) is 5.01 Å². The second kappa shape index (κ2) is 6.17. The number of thiazole rings is 1. The Labute approximate surface area is 146 Å². The quantitative estimate of drug-likeness (QED) is 0.901. The van der Waals surface area contributed by atoms with Crippen molar-refractivity contribution in [3.8, 4) is 0 Å². The summed E-state index contributed by atoms with van der Waals surface area (Å²) in [5.41, 5.74) is 0.424. The zero-order valence-corrected chi connectivity index (χ0v) is 14.5. The molecule has 1 atom stereocenters. The van der Waals surface area contributed by atoms with Crippen LogP contribution >= 0.6 is 11.3 Å². The number of carbonyl (C=O) groups is 1. The van der Waals surface area contributed by atoms with Gasteiger partial charge in [0.2, 0.25) is 12.2 Å². The van der Waals surface area contributed by atoms with E-state index in [2.05, 4.69) is 15.4 Å². The fraction of sp³-hybridized carbons (Fsp3) is 0.400. The van der Waals surface area contributed by atoms with Crippen LogP contribution in [0.3, 0.4) is 0 Å². The number of amides is 1. The van der Waals surface area contributed by atoms with Gasteiger partial charge in [-0.05, 0) is 12.0 Å². The average molecular weight is 371 g/mol. The van der Waals surface area contributed by atoms with Gasteiger partial charge in [0.25, 0.3) is 0 Å². The maximum atomic E-state index is 12.8. The van der Waals surface area contributed by atoms with Crippen molar-refractivity contribution >= 4 is 22.9 Å². The molecular formula is C15H16F3N5OS. The van der Waals surface area contributed by atoms with E-state index in [9.17, 15) is 18.0 Å². The van der Waals surface area contributed by atoms with Crippen molar-refractivity contribution in [2.24, 2.45) is 0 Å². The van der Waals surface area contributed by atoms with Crippen molar-refractivity contribution in [1.82, 2.24) is 25.0 Å². The molecule has 0 bridgehead atoms. The lowest BCUT2D eigenvalue weighted by atomic mass is 10.2. The van der Waals surface area contributed by atoms with Crippen LogP contribution in [0, 0.1) is 0 Å². The number of hydrogen-bond acceptors (Lipinski definition) is 5. The first-order valence-electron chi connectivity index (χ1n) is 7.50. The van der Waals surface area contributed by atoms with E-state index in [-0.39, 0.29) is 5.92 Å². The van der Waals surface area contributed by atoms with Crippen LogP contribution < -0.4 is 5.32 Å². The van der Waals surface area contributed by atoms with Crippen molar-refractivity contribution in [2.75, 3.05) is 7.05 Å². The molecule has 25 heavy (non-hydrogen) atoms. The number of halogens is 3. The first kappa shape index (κ1) is 17.5. The predicted molar refractivity (Wildman–Crippen MR) is 86.4 cm³/mol. The highest BCUT2D eigenvalue weighted by Gasteiger charge is 2.35. The first-order valence-corrected chi connectivity index (χ1v) is 8.38. The molecule has 2 aromatic rings. The molecule has 6 nitrogen and oxygen atoms in total. The van der Waals surface area contributed by atoms with Gasteiger partial charge in [-0.3, -0.25) is 4.79 Å². The van der Waals surface area contributed by atoms with Crippen LogP contribution in [0.15, 0.2) is 23.7 Å². The minimum absolute atomic E-state index is 0.240. The van der Waals surface area contributed by atoms with E-state index in [1.807, 2.05) is 19.2 Å². The number of rotatable bonds is 3. The van der Waals surface area contributed by atoms with Crippen LogP contribution in [0.1, 0.15) is 42.5 Å². The van der Waals surface area contributed by atoms with Crippen molar-refractivity contribution < 1.29 is 18.0 Å². The molecule has 0 aromatic carbocycles. The van der Waals surface area contributed by atoms with E-state index in [1.165, 1.54) is 23.6 Å². The molecule has 2 aromatic heterocycles. The van der Waals surface area contributed by atoms with Crippen LogP contribution in [0.5, 0.6) is 0 Å². The van der Waals surface area contributed by atoms with Gasteiger partial charge in [0.05, 0.1) is 11.4 Å². The molecule has 0 saturated heterocycles. The highest BCUT2D eigenvalue weighted by Crippen LogP contribution is 2.32. The van der Waals surface area contributed by atoms with Gasteiger partial charge in [-0.2, -0.15) is 18.3 Å². The molecule has 0 fully saturated rings. The minimum atomic E-state index is -4.54. The van der Waals surface area contributed by atoms with Crippen molar-refractivity contribution in [3.05, 3.63) is 40.1 Å². The zero-order valence-electron chi connectivity index (χ0n) is 13.7. The molecule has 3 heterocycles. The highest BCUT2D eigenvalue weighted by molar-refractivity contribution is 7.10. The predicted octanol–water partition coefficient (Wildman–Crippen LogP) is 3.04. The molecule has 0 saturated carbocycles. The molecular weight excluding hydrogens is 355 g/mol. The third-order valence-corrected chi connectivity index (χ3v) is 4.65. The second-order valence-electron chi connectivity index (χ2n) is 5.93. The number of hydrogen-bond donors (Lipinski definition) is 1. The zero-order chi connectivity index (χ0) is 18.4. The summed E-state index contributed by atoms with van der Waals surface area (Å²) in [6.45, 7) is 4.02. The molecule has 134 valence electrons. The Morgan fingerprint density at radius 2 is 2.08 bits per heavy atom. The largest absolute Gasteiger partial charge is 0.435 e. The van der Waals surface area contributed by atoms with Gasteiger partial charge >= 0.3 is 6.18 Å². The standard InChI is InChI=1S/C15H16F3N5OS/c1-8(2)9-7-25-13(19-9)10-6-12(24)20-14(22(10)3)23-5-4-11(21-23)15(16,17)18/h4-8,14H,1-3H3,(H,20,24). The number of nitrogens with zero attached hydrogens (tertiary/aromatic N) is 4. The Morgan fingerprint density at radius 3 is 2.64 bits per heavy atom. The van der Waals surface area contributed by atoms with Gasteiger partial charge in [-0.25, -0.2) is 9.67 Å². The van der Waals surface area contributed by atoms with Gasteiger partial charge in [-0.15, -0.1) is 11.3 Å². The highest BCUT2D eigenvalue weighted by atomic mass is 32.1. The summed E-state index contributed by atoms with van der Waals surface area (Å²) in [6, 6.07) is 0.873. The molecule has 0 spiro atoms. The van der Waals surface area contributed by atoms with E-state index in [0.29, 0.717) is 10.7 Å². The van der Waals surface area contributed by atoms with E-state index in [4.69, 9.17) is 0 Å². The summed E-state index contributed by atoms with van der Waals surface area (Å²) in [5.74, 6) is -0.173. The maximum absolute atomic E-state index is 12.8. The minimum Gasteiger partial charge on any atom is -0.333 e. The van der Waals surface area contributed by atoms with Crippen LogP contribution in [0.4, 0.5) is 13.2 Å². The topological polar surface area (TPSA) is 63.1 Å². The average Bonchev–Trinajstić information content (AvgIpc) is 3.17. The summed E-state index contributed by atoms with van der Waals surface area (Å²) in [4.78, 5) is 18.2. The van der Waals surface area contributed by atoms with E-state index in [0.717, 1.165) is 16.4 Å². The molecule has 0 radical (unpaired) electrons. The van der Waals surface area contributed by atoms with Gasteiger partial charge in [-0.1, -0.05) is 13.8 Å². The third kappa shape index (κ3) is 3.39. The second-order valence-corrected chi connectivity index (χ2v) is 6.79. The van der Waals surface area contributed by atoms with Crippen molar-refractivity contribution in [2.45, 2.75) is 32.2 Å². The lowest BCUT2D eigenvalue weighted by Crippen LogP contribution is -2.45. The SMILES string of the molecule is CC(C)c1csc(C2=CC(=O)NC(n3ccc(C(F)(F)F)n3)N2C)n1. The van der Waals surface area contributed by atoms with Crippen LogP contribution in [0.25, 0.3) is 5.70 Å². The van der Waals surface area contributed by atoms with Gasteiger partial charge in [0.15, 0.2) is 5.69 Å². The molecule has 1 aliphatic rings. The Morgan fingerprint density at radius 1 is 1.36 bits per heavy atom. The first-order chi connectivity index (χ1) is 11.7. The van der Waals surface area contributed by atoms with Crippen LogP contribution in [0.2, 0.25) is 0 Å². The summed E-state index contributed by atoms with van der Waals surface area (Å²) < 4.78 is 39.4. The van der Waals surface area contributed by atoms with Gasteiger partial charge < -0.3 is 10.2 Å². The summed E-state index contributed by atoms with van der Waals surface area (Å²) in [6.07, 6.45) is -2.83. The molecule has 3 rings (SSSR count). The van der Waals surface area contributed by atoms with Crippen LogP contribution in [-0.4, -0.2) is 32.6 Å². The Kier molecular flexibility index (Phi) is 4.31. The molecule has 10 heteroatoms. The monoisotopic (exact) mass is 371 g/mol. The fourth-order valence-electron chi connectivity index (χ4n) is 2.37. The molecule has 1 amide bonds. The van der Waals surface area contributed by atoms with E-state index >= 15 is 0 Å². The fourth-order valence-corrected chi connectivity index (χ4v) is 3.41. The number of alkyl halides is 3. The van der Waals surface area contributed by atoms with E-state index < -0.39 is 24.1 Å². The van der Waals surface area contributed by atoms with Crippen molar-refractivity contribution in [1.29, 1.82) is 0 Å². The summed E-state index contributed by atoms with van der Waals surface area (Å²) in [5, 5.41) is 8.68. The third-order valence-electron chi connectivity index (χ3n) is 3.77. The number of nitrogens with one attached hydrogen (secondary N) is 1. The summed E-state index contributed by atoms with van der Waals surface area (Å²) in [7, 11) is 1.67. The van der Waals surface area contributed by atoms with Crippen LogP contribution in [-0.2, 0) is 11.0 Å². The molecule has 1 unspecified atom stereocenters. The van der Waals surface area contributed by atoms with Crippen molar-refractivity contribution in [3.63, 3.8) is 0 Å². The lowest BCUT2D eigenvalue weighted by molar-refractivity contribution is -0.141. The maximum Gasteiger partial charge on any atom is 0.435 e. The van der Waals surface area contributed by atoms with Gasteiger partial charge in [0, 0.05) is 24.7 Å². The smallest absolute Gasteiger partial charge is 0.333 e. The molecule has 1 N–H and O–H groups in total. The normalized spacial score (nSPS) is 18.5.